The van der Waals surface area contributed by atoms with Crippen LogP contribution in [0.1, 0.15) is 13.3 Å². The second-order valence-electron chi connectivity index (χ2n) is 3.40. The van der Waals surface area contributed by atoms with Crippen molar-refractivity contribution in [2.45, 2.75) is 19.1 Å². The Morgan fingerprint density at radius 1 is 1.33 bits per heavy atom. The first-order valence-electron chi connectivity index (χ1n) is 4.57. The SMILES string of the molecule is CCC1(O)COc2cc(F)c(F)cc2O1. The van der Waals surface area contributed by atoms with Gasteiger partial charge in [0.15, 0.2) is 29.7 Å². The van der Waals surface area contributed by atoms with E-state index in [4.69, 9.17) is 9.47 Å². The number of fused-ring (bicyclic) bond motifs is 1. The summed E-state index contributed by atoms with van der Waals surface area (Å²) in [5, 5.41) is 9.72. The van der Waals surface area contributed by atoms with Gasteiger partial charge in [-0.1, -0.05) is 6.92 Å². The summed E-state index contributed by atoms with van der Waals surface area (Å²) >= 11 is 0. The molecule has 0 aromatic heterocycles. The van der Waals surface area contributed by atoms with Gasteiger partial charge in [0.05, 0.1) is 0 Å². The lowest BCUT2D eigenvalue weighted by atomic mass is 10.2. The molecule has 0 aliphatic carbocycles. The molecule has 1 N–H and O–H groups in total. The van der Waals surface area contributed by atoms with Gasteiger partial charge in [0, 0.05) is 18.6 Å². The van der Waals surface area contributed by atoms with Gasteiger partial charge in [0.25, 0.3) is 0 Å². The summed E-state index contributed by atoms with van der Waals surface area (Å²) in [6.07, 6.45) is 0.297. The van der Waals surface area contributed by atoms with Crippen LogP contribution < -0.4 is 9.47 Å². The van der Waals surface area contributed by atoms with Gasteiger partial charge in [0.2, 0.25) is 5.79 Å². The van der Waals surface area contributed by atoms with E-state index in [1.54, 1.807) is 6.92 Å². The molecule has 5 heteroatoms. The summed E-state index contributed by atoms with van der Waals surface area (Å²) in [5.41, 5.74) is 0. The van der Waals surface area contributed by atoms with Crippen molar-refractivity contribution in [1.29, 1.82) is 0 Å². The third-order valence-corrected chi connectivity index (χ3v) is 2.29. The molecule has 0 saturated heterocycles. The molecule has 15 heavy (non-hydrogen) atoms. The zero-order valence-electron chi connectivity index (χ0n) is 8.09. The molecule has 0 saturated carbocycles. The highest BCUT2D eigenvalue weighted by atomic mass is 19.2. The molecule has 0 radical (unpaired) electrons. The Labute approximate surface area is 85.2 Å². The molecule has 0 amide bonds. The number of benzene rings is 1. The molecule has 0 spiro atoms. The predicted octanol–water partition coefficient (Wildman–Crippen LogP) is 1.83. The Kier molecular flexibility index (Phi) is 2.26. The zero-order valence-corrected chi connectivity index (χ0v) is 8.09. The number of aliphatic hydroxyl groups is 1. The van der Waals surface area contributed by atoms with Crippen molar-refractivity contribution in [1.82, 2.24) is 0 Å². The van der Waals surface area contributed by atoms with E-state index < -0.39 is 17.4 Å². The molecular formula is C10H10F2O3. The van der Waals surface area contributed by atoms with Gasteiger partial charge in [0.1, 0.15) is 0 Å². The molecule has 0 bridgehead atoms. The summed E-state index contributed by atoms with van der Waals surface area (Å²) in [7, 11) is 0. The molecule has 1 aromatic carbocycles. The van der Waals surface area contributed by atoms with Crippen molar-refractivity contribution in [2.24, 2.45) is 0 Å². The highest BCUT2D eigenvalue weighted by Gasteiger charge is 2.34. The summed E-state index contributed by atoms with van der Waals surface area (Å²) in [6.45, 7) is 1.61. The minimum atomic E-state index is -1.46. The van der Waals surface area contributed by atoms with Crippen molar-refractivity contribution in [3.63, 3.8) is 0 Å². The third-order valence-electron chi connectivity index (χ3n) is 2.29. The average molecular weight is 216 g/mol. The fraction of sp³-hybridized carbons (Fsp3) is 0.400. The van der Waals surface area contributed by atoms with E-state index in [1.807, 2.05) is 0 Å². The Morgan fingerprint density at radius 2 is 1.93 bits per heavy atom. The minimum Gasteiger partial charge on any atom is -0.483 e. The average Bonchev–Trinajstić information content (AvgIpc) is 2.21. The lowest BCUT2D eigenvalue weighted by Gasteiger charge is -2.33. The quantitative estimate of drug-likeness (QED) is 0.778. The number of ether oxygens (including phenoxy) is 2. The van der Waals surface area contributed by atoms with E-state index in [9.17, 15) is 13.9 Å². The Morgan fingerprint density at radius 3 is 2.53 bits per heavy atom. The molecule has 1 unspecified atom stereocenters. The van der Waals surface area contributed by atoms with Crippen LogP contribution in [-0.2, 0) is 0 Å². The number of hydrogen-bond donors (Lipinski definition) is 1. The van der Waals surface area contributed by atoms with E-state index in [1.165, 1.54) is 0 Å². The van der Waals surface area contributed by atoms with Gasteiger partial charge in [-0.3, -0.25) is 0 Å². The predicted molar refractivity (Wildman–Crippen MR) is 47.7 cm³/mol. The normalized spacial score (nSPS) is 24.0. The van der Waals surface area contributed by atoms with E-state index >= 15 is 0 Å². The number of halogens is 2. The topological polar surface area (TPSA) is 38.7 Å². The minimum absolute atomic E-state index is 0.0181. The van der Waals surface area contributed by atoms with Crippen LogP contribution in [0, 0.1) is 11.6 Å². The van der Waals surface area contributed by atoms with Crippen LogP contribution in [0.4, 0.5) is 8.78 Å². The monoisotopic (exact) mass is 216 g/mol. The van der Waals surface area contributed by atoms with Gasteiger partial charge in [-0.25, -0.2) is 8.78 Å². The van der Waals surface area contributed by atoms with Crippen LogP contribution in [0.25, 0.3) is 0 Å². The lowest BCUT2D eigenvalue weighted by molar-refractivity contribution is -0.175. The number of hydrogen-bond acceptors (Lipinski definition) is 3. The zero-order chi connectivity index (χ0) is 11.1. The van der Waals surface area contributed by atoms with E-state index in [2.05, 4.69) is 0 Å². The fourth-order valence-electron chi connectivity index (χ4n) is 1.30. The highest BCUT2D eigenvalue weighted by molar-refractivity contribution is 5.42. The summed E-state index contributed by atoms with van der Waals surface area (Å²) in [5.74, 6) is -3.37. The maximum Gasteiger partial charge on any atom is 0.242 e. The molecule has 1 aliphatic heterocycles. The summed E-state index contributed by atoms with van der Waals surface area (Å²) in [6, 6.07) is 1.77. The van der Waals surface area contributed by atoms with E-state index in [0.717, 1.165) is 12.1 Å². The molecule has 1 atom stereocenters. The summed E-state index contributed by atoms with van der Waals surface area (Å²) < 4.78 is 35.9. The Bertz CT molecular complexity index is 394. The molecule has 3 nitrogen and oxygen atoms in total. The van der Waals surface area contributed by atoms with Gasteiger partial charge >= 0.3 is 0 Å². The van der Waals surface area contributed by atoms with Crippen molar-refractivity contribution in [3.8, 4) is 11.5 Å². The first-order valence-corrected chi connectivity index (χ1v) is 4.57. The van der Waals surface area contributed by atoms with Crippen LogP contribution in [0.2, 0.25) is 0 Å². The molecule has 1 aliphatic rings. The molecular weight excluding hydrogens is 206 g/mol. The van der Waals surface area contributed by atoms with Crippen LogP contribution >= 0.6 is 0 Å². The van der Waals surface area contributed by atoms with Crippen molar-refractivity contribution in [3.05, 3.63) is 23.8 Å². The van der Waals surface area contributed by atoms with E-state index in [-0.39, 0.29) is 18.1 Å². The fourth-order valence-corrected chi connectivity index (χ4v) is 1.30. The standard InChI is InChI=1S/C10H10F2O3/c1-2-10(13)5-14-8-3-6(11)7(12)4-9(8)15-10/h3-4,13H,2,5H2,1H3. The molecule has 82 valence electrons. The first kappa shape index (κ1) is 10.2. The largest absolute Gasteiger partial charge is 0.483 e. The summed E-state index contributed by atoms with van der Waals surface area (Å²) in [4.78, 5) is 0. The van der Waals surface area contributed by atoms with Crippen LogP contribution in [0.5, 0.6) is 11.5 Å². The van der Waals surface area contributed by atoms with Crippen molar-refractivity contribution < 1.29 is 23.4 Å². The van der Waals surface area contributed by atoms with Gasteiger partial charge in [-0.2, -0.15) is 0 Å². The molecule has 1 heterocycles. The van der Waals surface area contributed by atoms with Crippen molar-refractivity contribution in [2.75, 3.05) is 6.61 Å². The lowest BCUT2D eigenvalue weighted by Crippen LogP contribution is -2.44. The van der Waals surface area contributed by atoms with Crippen LogP contribution in [0.3, 0.4) is 0 Å². The second-order valence-corrected chi connectivity index (χ2v) is 3.40. The Balaban J connectivity index is 2.38. The van der Waals surface area contributed by atoms with Crippen molar-refractivity contribution >= 4 is 0 Å². The first-order chi connectivity index (χ1) is 7.04. The second kappa shape index (κ2) is 3.34. The van der Waals surface area contributed by atoms with Crippen LogP contribution in [0.15, 0.2) is 12.1 Å². The number of rotatable bonds is 1. The van der Waals surface area contributed by atoms with Crippen LogP contribution in [-0.4, -0.2) is 17.5 Å². The van der Waals surface area contributed by atoms with Gasteiger partial charge in [-0.05, 0) is 0 Å². The maximum atomic E-state index is 12.9. The molecule has 0 fully saturated rings. The van der Waals surface area contributed by atoms with Gasteiger partial charge in [-0.15, -0.1) is 0 Å². The highest BCUT2D eigenvalue weighted by Crippen LogP contribution is 2.36. The molecule has 1 aromatic rings. The maximum absolute atomic E-state index is 12.9. The third kappa shape index (κ3) is 1.74. The Hall–Kier alpha value is -1.36. The molecule has 2 rings (SSSR count). The van der Waals surface area contributed by atoms with E-state index in [0.29, 0.717) is 6.42 Å². The van der Waals surface area contributed by atoms with Gasteiger partial charge < -0.3 is 14.6 Å². The smallest absolute Gasteiger partial charge is 0.242 e.